The maximum absolute atomic E-state index is 5.62. The minimum atomic E-state index is 0.167. The zero-order valence-electron chi connectivity index (χ0n) is 7.33. The van der Waals surface area contributed by atoms with E-state index in [2.05, 4.69) is 4.99 Å². The first-order valence-corrected chi connectivity index (χ1v) is 4.81. The van der Waals surface area contributed by atoms with Crippen molar-refractivity contribution in [3.05, 3.63) is 0 Å². The van der Waals surface area contributed by atoms with Crippen molar-refractivity contribution in [2.75, 3.05) is 13.1 Å². The molecular weight excluding hydrogens is 152 g/mol. The minimum Gasteiger partial charge on any atom is -0.474 e. The van der Waals surface area contributed by atoms with E-state index in [1.165, 1.54) is 25.7 Å². The number of hydrogen-bond donors (Lipinski definition) is 1. The van der Waals surface area contributed by atoms with Gasteiger partial charge in [0.2, 0.25) is 0 Å². The summed E-state index contributed by atoms with van der Waals surface area (Å²) in [6.07, 6.45) is 5.35. The molecule has 1 unspecified atom stereocenters. The molecule has 0 radical (unpaired) electrons. The molecule has 0 saturated heterocycles. The lowest BCUT2D eigenvalue weighted by molar-refractivity contribution is 0.218. The molecule has 1 saturated carbocycles. The predicted octanol–water partition coefficient (Wildman–Crippen LogP) is 0.933. The second kappa shape index (κ2) is 3.44. The SMILES string of the molecule is NCC1CN=C(C2CCCC2)O1. The highest BCUT2D eigenvalue weighted by molar-refractivity contribution is 5.80. The highest BCUT2D eigenvalue weighted by Gasteiger charge is 2.27. The smallest absolute Gasteiger partial charge is 0.186 e. The molecule has 0 bridgehead atoms. The summed E-state index contributed by atoms with van der Waals surface area (Å²) in [7, 11) is 0. The van der Waals surface area contributed by atoms with Crippen molar-refractivity contribution in [2.45, 2.75) is 31.8 Å². The lowest BCUT2D eigenvalue weighted by atomic mass is 10.1. The minimum absolute atomic E-state index is 0.167. The van der Waals surface area contributed by atoms with Crippen molar-refractivity contribution >= 4 is 5.90 Å². The Labute approximate surface area is 73.0 Å². The number of aliphatic imine (C=N–C) groups is 1. The Morgan fingerprint density at radius 3 is 2.75 bits per heavy atom. The summed E-state index contributed by atoms with van der Waals surface area (Å²) in [4.78, 5) is 4.38. The zero-order valence-corrected chi connectivity index (χ0v) is 7.33. The summed E-state index contributed by atoms with van der Waals surface area (Å²) in [5, 5.41) is 0. The van der Waals surface area contributed by atoms with E-state index >= 15 is 0 Å². The fourth-order valence-corrected chi connectivity index (χ4v) is 1.96. The van der Waals surface area contributed by atoms with Gasteiger partial charge < -0.3 is 10.5 Å². The fourth-order valence-electron chi connectivity index (χ4n) is 1.96. The molecule has 3 nitrogen and oxygen atoms in total. The van der Waals surface area contributed by atoms with Gasteiger partial charge in [0.05, 0.1) is 6.54 Å². The average Bonchev–Trinajstić information content (AvgIpc) is 2.75. The Hall–Kier alpha value is -0.570. The van der Waals surface area contributed by atoms with Crippen LogP contribution in [0.3, 0.4) is 0 Å². The van der Waals surface area contributed by atoms with E-state index in [1.54, 1.807) is 0 Å². The molecule has 1 aliphatic heterocycles. The fraction of sp³-hybridized carbons (Fsp3) is 0.889. The van der Waals surface area contributed by atoms with Crippen LogP contribution in [0.15, 0.2) is 4.99 Å². The van der Waals surface area contributed by atoms with Gasteiger partial charge in [-0.2, -0.15) is 0 Å². The van der Waals surface area contributed by atoms with Crippen LogP contribution in [0.4, 0.5) is 0 Å². The highest BCUT2D eigenvalue weighted by Crippen LogP contribution is 2.28. The Kier molecular flexibility index (Phi) is 2.30. The molecule has 0 spiro atoms. The first-order valence-electron chi connectivity index (χ1n) is 4.81. The van der Waals surface area contributed by atoms with Crippen molar-refractivity contribution < 1.29 is 4.74 Å². The molecule has 1 fully saturated rings. The molecule has 2 rings (SSSR count). The van der Waals surface area contributed by atoms with Crippen LogP contribution in [0.25, 0.3) is 0 Å². The lowest BCUT2D eigenvalue weighted by Gasteiger charge is -2.12. The summed E-state index contributed by atoms with van der Waals surface area (Å²) in [5.41, 5.74) is 5.50. The number of nitrogens with zero attached hydrogens (tertiary/aromatic N) is 1. The average molecular weight is 168 g/mol. The highest BCUT2D eigenvalue weighted by atomic mass is 16.5. The standard InChI is InChI=1S/C9H16N2O/c10-5-8-6-11-9(12-8)7-3-1-2-4-7/h7-8H,1-6,10H2. The molecule has 1 aliphatic carbocycles. The third-order valence-corrected chi connectivity index (χ3v) is 2.71. The third-order valence-electron chi connectivity index (χ3n) is 2.71. The molecular formula is C9H16N2O. The van der Waals surface area contributed by atoms with Gasteiger partial charge in [0.25, 0.3) is 0 Å². The van der Waals surface area contributed by atoms with Crippen LogP contribution in [0.1, 0.15) is 25.7 Å². The predicted molar refractivity (Wildman–Crippen MR) is 48.2 cm³/mol. The molecule has 12 heavy (non-hydrogen) atoms. The first-order chi connectivity index (χ1) is 5.90. The molecule has 1 atom stereocenters. The van der Waals surface area contributed by atoms with Crippen LogP contribution in [0, 0.1) is 5.92 Å². The Balaban J connectivity index is 1.89. The monoisotopic (exact) mass is 168 g/mol. The van der Waals surface area contributed by atoms with Gasteiger partial charge >= 0.3 is 0 Å². The topological polar surface area (TPSA) is 47.6 Å². The number of hydrogen-bond acceptors (Lipinski definition) is 3. The van der Waals surface area contributed by atoms with Gasteiger partial charge in [-0.25, -0.2) is 0 Å². The first kappa shape index (κ1) is 8.05. The molecule has 2 aliphatic rings. The van der Waals surface area contributed by atoms with E-state index < -0.39 is 0 Å². The van der Waals surface area contributed by atoms with Gasteiger partial charge in [0.1, 0.15) is 6.10 Å². The summed E-state index contributed by atoms with van der Waals surface area (Å²) in [6.45, 7) is 1.38. The summed E-state index contributed by atoms with van der Waals surface area (Å²) in [5.74, 6) is 1.60. The van der Waals surface area contributed by atoms with E-state index in [0.717, 1.165) is 12.4 Å². The number of ether oxygens (including phenoxy) is 1. The van der Waals surface area contributed by atoms with Crippen molar-refractivity contribution in [1.82, 2.24) is 0 Å². The van der Waals surface area contributed by atoms with Crippen molar-refractivity contribution in [3.63, 3.8) is 0 Å². The molecule has 0 aromatic rings. The van der Waals surface area contributed by atoms with Crippen LogP contribution in [0.2, 0.25) is 0 Å². The van der Waals surface area contributed by atoms with E-state index in [4.69, 9.17) is 10.5 Å². The van der Waals surface area contributed by atoms with Crippen LogP contribution >= 0.6 is 0 Å². The summed E-state index contributed by atoms with van der Waals surface area (Å²) in [6, 6.07) is 0. The molecule has 0 amide bonds. The lowest BCUT2D eigenvalue weighted by Crippen LogP contribution is -2.25. The second-order valence-electron chi connectivity index (χ2n) is 3.64. The maximum Gasteiger partial charge on any atom is 0.186 e. The number of rotatable bonds is 2. The van der Waals surface area contributed by atoms with Gasteiger partial charge in [0.15, 0.2) is 5.90 Å². The maximum atomic E-state index is 5.62. The molecule has 0 aromatic heterocycles. The molecule has 1 heterocycles. The van der Waals surface area contributed by atoms with Gasteiger partial charge in [-0.1, -0.05) is 12.8 Å². The number of nitrogens with two attached hydrogens (primary N) is 1. The van der Waals surface area contributed by atoms with Gasteiger partial charge in [-0.15, -0.1) is 0 Å². The third kappa shape index (κ3) is 1.46. The van der Waals surface area contributed by atoms with Crippen LogP contribution in [0.5, 0.6) is 0 Å². The largest absolute Gasteiger partial charge is 0.474 e. The normalized spacial score (nSPS) is 30.4. The van der Waals surface area contributed by atoms with Gasteiger partial charge in [-0.3, -0.25) is 4.99 Å². The van der Waals surface area contributed by atoms with Crippen LogP contribution < -0.4 is 5.73 Å². The molecule has 3 heteroatoms. The molecule has 2 N–H and O–H groups in total. The Bertz CT molecular complexity index is 185. The quantitative estimate of drug-likeness (QED) is 0.667. The van der Waals surface area contributed by atoms with Gasteiger partial charge in [-0.05, 0) is 12.8 Å². The summed E-state index contributed by atoms with van der Waals surface area (Å²) >= 11 is 0. The molecule has 0 aromatic carbocycles. The second-order valence-corrected chi connectivity index (χ2v) is 3.64. The van der Waals surface area contributed by atoms with E-state index in [1.807, 2.05) is 0 Å². The zero-order chi connectivity index (χ0) is 8.39. The van der Waals surface area contributed by atoms with E-state index in [9.17, 15) is 0 Å². The van der Waals surface area contributed by atoms with Gasteiger partial charge in [0, 0.05) is 12.5 Å². The van der Waals surface area contributed by atoms with Crippen molar-refractivity contribution in [1.29, 1.82) is 0 Å². The van der Waals surface area contributed by atoms with E-state index in [-0.39, 0.29) is 6.10 Å². The van der Waals surface area contributed by atoms with Crippen molar-refractivity contribution in [2.24, 2.45) is 16.6 Å². The summed E-state index contributed by atoms with van der Waals surface area (Å²) < 4.78 is 5.62. The van der Waals surface area contributed by atoms with Crippen molar-refractivity contribution in [3.8, 4) is 0 Å². The van der Waals surface area contributed by atoms with Crippen LogP contribution in [-0.4, -0.2) is 25.1 Å². The Morgan fingerprint density at radius 2 is 2.17 bits per heavy atom. The molecule has 68 valence electrons. The Morgan fingerprint density at radius 1 is 1.42 bits per heavy atom. The van der Waals surface area contributed by atoms with Crippen LogP contribution in [-0.2, 0) is 4.74 Å². The van der Waals surface area contributed by atoms with E-state index in [0.29, 0.717) is 12.5 Å².